The van der Waals surface area contributed by atoms with E-state index in [-0.39, 0.29) is 5.54 Å². The molecule has 0 amide bonds. The highest BCUT2D eigenvalue weighted by Gasteiger charge is 2.18. The molecule has 5 nitrogen and oxygen atoms in total. The van der Waals surface area contributed by atoms with Crippen molar-refractivity contribution < 1.29 is 4.74 Å². The predicted octanol–water partition coefficient (Wildman–Crippen LogP) is 2.37. The molecule has 2 rings (SSSR count). The Labute approximate surface area is 124 Å². The number of nitrogens with one attached hydrogen (secondary N) is 1. The van der Waals surface area contributed by atoms with E-state index in [1.54, 1.807) is 18.4 Å². The third kappa shape index (κ3) is 3.50. The summed E-state index contributed by atoms with van der Waals surface area (Å²) >= 11 is 1.66. The summed E-state index contributed by atoms with van der Waals surface area (Å²) in [6.45, 7) is 8.86. The summed E-state index contributed by atoms with van der Waals surface area (Å²) in [4.78, 5) is 7.93. The van der Waals surface area contributed by atoms with Crippen molar-refractivity contribution in [3.05, 3.63) is 17.3 Å². The monoisotopic (exact) mass is 296 g/mol. The SMILES string of the molecule is COCCN(C)c1nc2sccn2c1CNC(C)(C)C. The number of rotatable bonds is 6. The molecule has 6 heteroatoms. The maximum Gasteiger partial charge on any atom is 0.195 e. The Bertz CT molecular complexity index is 555. The first-order chi connectivity index (χ1) is 9.42. The number of likely N-dealkylation sites (N-methyl/N-ethyl adjacent to an activating group) is 1. The first-order valence-corrected chi connectivity index (χ1v) is 7.70. The lowest BCUT2D eigenvalue weighted by Gasteiger charge is -2.22. The van der Waals surface area contributed by atoms with Gasteiger partial charge in [0.25, 0.3) is 0 Å². The van der Waals surface area contributed by atoms with E-state index >= 15 is 0 Å². The van der Waals surface area contributed by atoms with Crippen molar-refractivity contribution in [1.82, 2.24) is 14.7 Å². The summed E-state index contributed by atoms with van der Waals surface area (Å²) in [7, 11) is 3.79. The van der Waals surface area contributed by atoms with E-state index in [9.17, 15) is 0 Å². The molecule has 0 saturated heterocycles. The van der Waals surface area contributed by atoms with Gasteiger partial charge >= 0.3 is 0 Å². The molecule has 0 aliphatic heterocycles. The Morgan fingerprint density at radius 1 is 1.45 bits per heavy atom. The van der Waals surface area contributed by atoms with Crippen molar-refractivity contribution in [1.29, 1.82) is 0 Å². The lowest BCUT2D eigenvalue weighted by atomic mass is 10.1. The number of thiazole rings is 1. The second kappa shape index (κ2) is 6.11. The molecule has 2 aromatic rings. The van der Waals surface area contributed by atoms with Crippen LogP contribution >= 0.6 is 11.3 Å². The average molecular weight is 296 g/mol. The fourth-order valence-corrected chi connectivity index (χ4v) is 2.70. The van der Waals surface area contributed by atoms with Crippen LogP contribution in [0.25, 0.3) is 4.96 Å². The molecule has 2 aromatic heterocycles. The molecule has 0 atom stereocenters. The summed E-state index contributed by atoms with van der Waals surface area (Å²) < 4.78 is 7.32. The molecule has 0 saturated carbocycles. The summed E-state index contributed by atoms with van der Waals surface area (Å²) in [6, 6.07) is 0. The smallest absolute Gasteiger partial charge is 0.195 e. The zero-order chi connectivity index (χ0) is 14.8. The van der Waals surface area contributed by atoms with Crippen LogP contribution in [0.1, 0.15) is 26.5 Å². The maximum absolute atomic E-state index is 5.15. The summed E-state index contributed by atoms with van der Waals surface area (Å²) in [5.74, 6) is 1.03. The molecule has 0 unspecified atom stereocenters. The zero-order valence-electron chi connectivity index (χ0n) is 12.9. The Morgan fingerprint density at radius 3 is 2.85 bits per heavy atom. The summed E-state index contributed by atoms with van der Waals surface area (Å²) in [6.07, 6.45) is 2.08. The van der Waals surface area contributed by atoms with E-state index in [2.05, 4.69) is 54.0 Å². The minimum Gasteiger partial charge on any atom is -0.383 e. The van der Waals surface area contributed by atoms with Gasteiger partial charge in [0, 0.05) is 44.4 Å². The minimum atomic E-state index is 0.0859. The molecular weight excluding hydrogens is 272 g/mol. The van der Waals surface area contributed by atoms with Crippen molar-refractivity contribution in [2.45, 2.75) is 32.9 Å². The van der Waals surface area contributed by atoms with Crippen LogP contribution in [0, 0.1) is 0 Å². The number of aromatic nitrogens is 2. The Balaban J connectivity index is 2.26. The summed E-state index contributed by atoms with van der Waals surface area (Å²) in [5, 5.41) is 5.61. The molecule has 2 heterocycles. The van der Waals surface area contributed by atoms with Crippen molar-refractivity contribution >= 4 is 22.1 Å². The number of methoxy groups -OCH3 is 1. The molecule has 0 radical (unpaired) electrons. The third-order valence-electron chi connectivity index (χ3n) is 3.12. The number of nitrogens with zero attached hydrogens (tertiary/aromatic N) is 3. The summed E-state index contributed by atoms with van der Waals surface area (Å²) in [5.41, 5.74) is 1.29. The highest BCUT2D eigenvalue weighted by molar-refractivity contribution is 7.15. The predicted molar refractivity (Wildman–Crippen MR) is 84.8 cm³/mol. The van der Waals surface area contributed by atoms with Gasteiger partial charge in [0.2, 0.25) is 0 Å². The minimum absolute atomic E-state index is 0.0859. The van der Waals surface area contributed by atoms with Crippen LogP contribution in [0.4, 0.5) is 5.82 Å². The molecule has 0 fully saturated rings. The lowest BCUT2D eigenvalue weighted by Crippen LogP contribution is -2.36. The van der Waals surface area contributed by atoms with E-state index in [0.717, 1.165) is 23.9 Å². The van der Waals surface area contributed by atoms with Gasteiger partial charge in [0.1, 0.15) is 0 Å². The second-order valence-electron chi connectivity index (χ2n) is 5.96. The van der Waals surface area contributed by atoms with Gasteiger partial charge < -0.3 is 15.0 Å². The quantitative estimate of drug-likeness (QED) is 0.888. The molecule has 0 aromatic carbocycles. The average Bonchev–Trinajstić information content (AvgIpc) is 2.92. The van der Waals surface area contributed by atoms with Gasteiger partial charge in [-0.15, -0.1) is 11.3 Å². The first-order valence-electron chi connectivity index (χ1n) is 6.82. The van der Waals surface area contributed by atoms with Crippen LogP contribution in [0.3, 0.4) is 0 Å². The number of hydrogen-bond acceptors (Lipinski definition) is 5. The van der Waals surface area contributed by atoms with Gasteiger partial charge in [-0.3, -0.25) is 4.40 Å². The first kappa shape index (κ1) is 15.3. The maximum atomic E-state index is 5.15. The number of fused-ring (bicyclic) bond motifs is 1. The number of imidazole rings is 1. The standard InChI is InChI=1S/C14H24N4OS/c1-14(2,3)15-10-11-12(17(4)6-8-19-5)16-13-18(11)7-9-20-13/h7,9,15H,6,8,10H2,1-5H3. The van der Waals surface area contributed by atoms with E-state index in [1.165, 1.54) is 5.69 Å². The van der Waals surface area contributed by atoms with Gasteiger partial charge in [-0.25, -0.2) is 4.98 Å². The Hall–Kier alpha value is -1.11. The molecule has 112 valence electrons. The normalized spacial score (nSPS) is 12.2. The van der Waals surface area contributed by atoms with E-state index in [0.29, 0.717) is 6.61 Å². The van der Waals surface area contributed by atoms with Crippen LogP contribution in [-0.2, 0) is 11.3 Å². The van der Waals surface area contributed by atoms with E-state index in [4.69, 9.17) is 9.72 Å². The van der Waals surface area contributed by atoms with Crippen LogP contribution in [-0.4, -0.2) is 42.2 Å². The Morgan fingerprint density at radius 2 is 2.20 bits per heavy atom. The third-order valence-corrected chi connectivity index (χ3v) is 3.88. The molecule has 0 bridgehead atoms. The van der Waals surface area contributed by atoms with Crippen molar-refractivity contribution in [3.63, 3.8) is 0 Å². The highest BCUT2D eigenvalue weighted by Crippen LogP contribution is 2.24. The molecule has 0 aliphatic rings. The van der Waals surface area contributed by atoms with E-state index < -0.39 is 0 Å². The molecule has 0 spiro atoms. The number of anilines is 1. The number of ether oxygens (including phenoxy) is 1. The van der Waals surface area contributed by atoms with Crippen LogP contribution in [0.15, 0.2) is 11.6 Å². The fourth-order valence-electron chi connectivity index (χ4n) is 1.97. The highest BCUT2D eigenvalue weighted by atomic mass is 32.1. The van der Waals surface area contributed by atoms with E-state index in [1.807, 2.05) is 0 Å². The lowest BCUT2D eigenvalue weighted by molar-refractivity contribution is 0.206. The molecular formula is C14H24N4OS. The van der Waals surface area contributed by atoms with Gasteiger partial charge in [-0.2, -0.15) is 0 Å². The van der Waals surface area contributed by atoms with Crippen molar-refractivity contribution in [2.24, 2.45) is 0 Å². The van der Waals surface area contributed by atoms with Gasteiger partial charge in [-0.1, -0.05) is 0 Å². The van der Waals surface area contributed by atoms with Gasteiger partial charge in [0.05, 0.1) is 12.3 Å². The second-order valence-corrected chi connectivity index (χ2v) is 6.83. The van der Waals surface area contributed by atoms with Crippen molar-refractivity contribution in [2.75, 3.05) is 32.2 Å². The Kier molecular flexibility index (Phi) is 4.67. The van der Waals surface area contributed by atoms with Crippen LogP contribution < -0.4 is 10.2 Å². The van der Waals surface area contributed by atoms with Crippen molar-refractivity contribution in [3.8, 4) is 0 Å². The molecule has 20 heavy (non-hydrogen) atoms. The van der Waals surface area contributed by atoms with Gasteiger partial charge in [-0.05, 0) is 20.8 Å². The van der Waals surface area contributed by atoms with Crippen LogP contribution in [0.2, 0.25) is 0 Å². The van der Waals surface area contributed by atoms with Gasteiger partial charge in [0.15, 0.2) is 10.8 Å². The zero-order valence-corrected chi connectivity index (χ0v) is 13.8. The molecule has 0 aliphatic carbocycles. The number of hydrogen-bond donors (Lipinski definition) is 1. The largest absolute Gasteiger partial charge is 0.383 e. The fraction of sp³-hybridized carbons (Fsp3) is 0.643. The topological polar surface area (TPSA) is 41.8 Å². The molecule has 1 N–H and O–H groups in total. The van der Waals surface area contributed by atoms with Crippen LogP contribution in [0.5, 0.6) is 0 Å².